The highest BCUT2D eigenvalue weighted by Crippen LogP contribution is 2.39. The smallest absolute Gasteiger partial charge is 0.255 e. The maximum atomic E-state index is 13.3. The molecule has 2 fully saturated rings. The van der Waals surface area contributed by atoms with E-state index in [1.54, 1.807) is 18.2 Å². The summed E-state index contributed by atoms with van der Waals surface area (Å²) in [5.74, 6) is 0.680. The van der Waals surface area contributed by atoms with Crippen molar-refractivity contribution in [2.45, 2.75) is 44.8 Å². The molecule has 11 heteroatoms. The number of carbonyl (C=O) groups is 1. The number of ether oxygens (including phenoxy) is 4. The van der Waals surface area contributed by atoms with Crippen molar-refractivity contribution in [2.24, 2.45) is 0 Å². The lowest BCUT2D eigenvalue weighted by Crippen LogP contribution is -2.48. The standard InChI is InChI=1S/C27H37N3O7S/c1-5-35-25-16-24(29-10-12-34-13-11-29)26(36-6-2)15-23(25)28-27(31)21-8-7-9-22(14-21)38(32,33)30-17-19(3)37-20(4)18-30/h7-9,14-16,19-20H,5-6,10-13,17-18H2,1-4H3,(H,28,31)/t19-,20+. The lowest BCUT2D eigenvalue weighted by Gasteiger charge is -2.34. The van der Waals surface area contributed by atoms with Gasteiger partial charge in [0.1, 0.15) is 11.5 Å². The van der Waals surface area contributed by atoms with Gasteiger partial charge in [0.15, 0.2) is 0 Å². The van der Waals surface area contributed by atoms with Gasteiger partial charge < -0.3 is 29.2 Å². The molecule has 2 heterocycles. The molecule has 0 saturated carbocycles. The van der Waals surface area contributed by atoms with Crippen LogP contribution in [0.5, 0.6) is 11.5 Å². The fraction of sp³-hybridized carbons (Fsp3) is 0.519. The van der Waals surface area contributed by atoms with Gasteiger partial charge in [0.05, 0.1) is 54.9 Å². The average molecular weight is 548 g/mol. The third-order valence-corrected chi connectivity index (χ3v) is 8.21. The maximum Gasteiger partial charge on any atom is 0.255 e. The van der Waals surface area contributed by atoms with Gasteiger partial charge in [-0.2, -0.15) is 4.31 Å². The van der Waals surface area contributed by atoms with Gasteiger partial charge in [-0.1, -0.05) is 6.07 Å². The number of hydrogen-bond acceptors (Lipinski definition) is 8. The van der Waals surface area contributed by atoms with Crippen molar-refractivity contribution in [3.63, 3.8) is 0 Å². The number of nitrogens with zero attached hydrogens (tertiary/aromatic N) is 2. The van der Waals surface area contributed by atoms with Gasteiger partial charge in [-0.05, 0) is 45.9 Å². The number of carbonyl (C=O) groups excluding carboxylic acids is 1. The van der Waals surface area contributed by atoms with E-state index in [1.807, 2.05) is 33.8 Å². The summed E-state index contributed by atoms with van der Waals surface area (Å²) in [7, 11) is -3.79. The Balaban J connectivity index is 1.61. The molecule has 2 atom stereocenters. The first-order valence-electron chi connectivity index (χ1n) is 13.1. The van der Waals surface area contributed by atoms with Crippen molar-refractivity contribution in [2.75, 3.05) is 62.8 Å². The second kappa shape index (κ2) is 12.3. The molecule has 0 bridgehead atoms. The van der Waals surface area contributed by atoms with Crippen LogP contribution in [0, 0.1) is 0 Å². The number of morpholine rings is 2. The lowest BCUT2D eigenvalue weighted by molar-refractivity contribution is -0.0440. The van der Waals surface area contributed by atoms with E-state index < -0.39 is 15.9 Å². The predicted molar refractivity (Wildman–Crippen MR) is 145 cm³/mol. The third kappa shape index (κ3) is 6.40. The van der Waals surface area contributed by atoms with E-state index in [1.165, 1.54) is 16.4 Å². The monoisotopic (exact) mass is 547 g/mol. The summed E-state index contributed by atoms with van der Waals surface area (Å²) >= 11 is 0. The van der Waals surface area contributed by atoms with Crippen molar-refractivity contribution in [1.29, 1.82) is 0 Å². The average Bonchev–Trinajstić information content (AvgIpc) is 2.90. The first kappa shape index (κ1) is 28.2. The van der Waals surface area contributed by atoms with E-state index in [0.717, 1.165) is 18.8 Å². The highest BCUT2D eigenvalue weighted by Gasteiger charge is 2.32. The minimum absolute atomic E-state index is 0.0640. The summed E-state index contributed by atoms with van der Waals surface area (Å²) in [5, 5.41) is 2.90. The Labute approximate surface area is 224 Å². The normalized spacial score (nSPS) is 20.7. The van der Waals surface area contributed by atoms with E-state index in [4.69, 9.17) is 18.9 Å². The van der Waals surface area contributed by atoms with Crippen LogP contribution in [-0.2, 0) is 19.5 Å². The molecule has 208 valence electrons. The maximum absolute atomic E-state index is 13.3. The van der Waals surface area contributed by atoms with Crippen LogP contribution >= 0.6 is 0 Å². The van der Waals surface area contributed by atoms with Gasteiger partial charge in [-0.15, -0.1) is 0 Å². The molecule has 1 amide bonds. The molecule has 2 aliphatic heterocycles. The van der Waals surface area contributed by atoms with Gasteiger partial charge >= 0.3 is 0 Å². The predicted octanol–water partition coefficient (Wildman–Crippen LogP) is 3.37. The van der Waals surface area contributed by atoms with Crippen molar-refractivity contribution >= 4 is 27.3 Å². The number of rotatable bonds is 9. The van der Waals surface area contributed by atoms with Crippen molar-refractivity contribution < 1.29 is 32.2 Å². The van der Waals surface area contributed by atoms with Gasteiger partial charge in [0.25, 0.3) is 5.91 Å². The van der Waals surface area contributed by atoms with Crippen LogP contribution in [0.1, 0.15) is 38.1 Å². The lowest BCUT2D eigenvalue weighted by atomic mass is 10.1. The molecule has 0 aromatic heterocycles. The Hall–Kier alpha value is -2.86. The molecule has 10 nitrogen and oxygen atoms in total. The highest BCUT2D eigenvalue weighted by molar-refractivity contribution is 7.89. The highest BCUT2D eigenvalue weighted by atomic mass is 32.2. The Bertz CT molecular complexity index is 1220. The second-order valence-electron chi connectivity index (χ2n) is 9.34. The zero-order valence-electron chi connectivity index (χ0n) is 22.4. The zero-order valence-corrected chi connectivity index (χ0v) is 23.3. The molecule has 2 aromatic rings. The van der Waals surface area contributed by atoms with Crippen LogP contribution in [0.2, 0.25) is 0 Å². The Morgan fingerprint density at radius 1 is 1.00 bits per heavy atom. The fourth-order valence-electron chi connectivity index (χ4n) is 4.71. The van der Waals surface area contributed by atoms with Crippen LogP contribution in [0.3, 0.4) is 0 Å². The van der Waals surface area contributed by atoms with E-state index in [9.17, 15) is 13.2 Å². The number of anilines is 2. The van der Waals surface area contributed by atoms with Crippen LogP contribution in [0.4, 0.5) is 11.4 Å². The molecule has 0 spiro atoms. The topological polar surface area (TPSA) is 107 Å². The van der Waals surface area contributed by atoms with Gasteiger partial charge in [-0.25, -0.2) is 8.42 Å². The molecule has 2 aliphatic rings. The van der Waals surface area contributed by atoms with Gasteiger partial charge in [0.2, 0.25) is 10.0 Å². The van der Waals surface area contributed by atoms with Crippen molar-refractivity contribution in [3.8, 4) is 11.5 Å². The Morgan fingerprint density at radius 2 is 1.66 bits per heavy atom. The van der Waals surface area contributed by atoms with E-state index in [-0.39, 0.29) is 35.8 Å². The zero-order chi connectivity index (χ0) is 27.3. The number of sulfonamides is 1. The minimum Gasteiger partial charge on any atom is -0.492 e. The Morgan fingerprint density at radius 3 is 2.32 bits per heavy atom. The fourth-order valence-corrected chi connectivity index (χ4v) is 6.35. The molecular formula is C27H37N3O7S. The summed E-state index contributed by atoms with van der Waals surface area (Å²) in [6.07, 6.45) is -0.422. The SMILES string of the molecule is CCOc1cc(N2CCOCC2)c(OCC)cc1NC(=O)c1cccc(S(=O)(=O)N2C[C@@H](C)O[C@@H](C)C2)c1. The van der Waals surface area contributed by atoms with E-state index in [2.05, 4.69) is 10.2 Å². The van der Waals surface area contributed by atoms with Crippen LogP contribution in [0.25, 0.3) is 0 Å². The van der Waals surface area contributed by atoms with Crippen LogP contribution in [0.15, 0.2) is 41.3 Å². The van der Waals surface area contributed by atoms with Gasteiger partial charge in [-0.3, -0.25) is 4.79 Å². The molecule has 0 unspecified atom stereocenters. The summed E-state index contributed by atoms with van der Waals surface area (Å²) in [5.41, 5.74) is 1.54. The largest absolute Gasteiger partial charge is 0.492 e. The molecule has 4 rings (SSSR count). The number of hydrogen-bond donors (Lipinski definition) is 1. The molecular weight excluding hydrogens is 510 g/mol. The molecule has 1 N–H and O–H groups in total. The first-order valence-corrected chi connectivity index (χ1v) is 14.5. The number of nitrogens with one attached hydrogen (secondary N) is 1. The quantitative estimate of drug-likeness (QED) is 0.509. The first-order chi connectivity index (χ1) is 18.2. The number of benzene rings is 2. The summed E-state index contributed by atoms with van der Waals surface area (Å²) in [4.78, 5) is 15.6. The van der Waals surface area contributed by atoms with E-state index >= 15 is 0 Å². The molecule has 2 aromatic carbocycles. The van der Waals surface area contributed by atoms with Gasteiger partial charge in [0, 0.05) is 43.9 Å². The van der Waals surface area contributed by atoms with Crippen LogP contribution < -0.4 is 19.7 Å². The third-order valence-electron chi connectivity index (χ3n) is 6.38. The molecule has 38 heavy (non-hydrogen) atoms. The molecule has 2 saturated heterocycles. The summed E-state index contributed by atoms with van der Waals surface area (Å²) in [6.45, 7) is 11.5. The molecule has 0 aliphatic carbocycles. The Kier molecular flexibility index (Phi) is 9.14. The van der Waals surface area contributed by atoms with Crippen molar-refractivity contribution in [1.82, 2.24) is 4.31 Å². The van der Waals surface area contributed by atoms with Crippen molar-refractivity contribution in [3.05, 3.63) is 42.0 Å². The number of amides is 1. The summed E-state index contributed by atoms with van der Waals surface area (Å²) in [6, 6.07) is 9.70. The van der Waals surface area contributed by atoms with E-state index in [0.29, 0.717) is 43.6 Å². The molecule has 0 radical (unpaired) electrons. The summed E-state index contributed by atoms with van der Waals surface area (Å²) < 4.78 is 51.1. The minimum atomic E-state index is -3.79. The van der Waals surface area contributed by atoms with Crippen LogP contribution in [-0.4, -0.2) is 83.4 Å². The second-order valence-corrected chi connectivity index (χ2v) is 11.3.